The van der Waals surface area contributed by atoms with Crippen LogP contribution in [0, 0.1) is 0 Å². The van der Waals surface area contributed by atoms with E-state index >= 15 is 0 Å². The molecular formula is C7H12BrN5O. The van der Waals surface area contributed by atoms with Crippen molar-refractivity contribution in [1.82, 2.24) is 14.8 Å². The predicted octanol–water partition coefficient (Wildman–Crippen LogP) is 1.03. The number of ether oxygens (including phenoxy) is 1. The van der Waals surface area contributed by atoms with Gasteiger partial charge in [0.1, 0.15) is 0 Å². The number of nitrogens with one attached hydrogen (secondary N) is 1. The SMILES string of the molecule is NNc1nc(Br)nn1C1CCCCO1. The monoisotopic (exact) mass is 261 g/mol. The maximum atomic E-state index is 5.56. The fourth-order valence-corrected chi connectivity index (χ4v) is 1.85. The molecule has 0 amide bonds. The number of hydrogen-bond donors (Lipinski definition) is 2. The standard InChI is InChI=1S/C7H12BrN5O/c8-6-10-7(11-9)13(12-6)5-3-1-2-4-14-5/h5H,1-4,9H2,(H,10,11,12). The molecule has 6 nitrogen and oxygen atoms in total. The van der Waals surface area contributed by atoms with E-state index in [2.05, 4.69) is 31.4 Å². The van der Waals surface area contributed by atoms with Crippen molar-refractivity contribution in [3.05, 3.63) is 4.73 Å². The second-order valence-electron chi connectivity index (χ2n) is 3.11. The second-order valence-corrected chi connectivity index (χ2v) is 3.82. The molecule has 1 aliphatic heterocycles. The molecule has 0 aliphatic carbocycles. The highest BCUT2D eigenvalue weighted by molar-refractivity contribution is 9.10. The number of halogens is 1. The van der Waals surface area contributed by atoms with Crippen molar-refractivity contribution in [3.8, 4) is 0 Å². The van der Waals surface area contributed by atoms with Crippen LogP contribution in [0.15, 0.2) is 4.73 Å². The number of aromatic nitrogens is 3. The number of hydrazine groups is 1. The summed E-state index contributed by atoms with van der Waals surface area (Å²) in [5, 5.41) is 4.16. The summed E-state index contributed by atoms with van der Waals surface area (Å²) >= 11 is 3.20. The summed E-state index contributed by atoms with van der Waals surface area (Å²) in [6.07, 6.45) is 3.16. The van der Waals surface area contributed by atoms with Crippen molar-refractivity contribution >= 4 is 21.9 Å². The van der Waals surface area contributed by atoms with E-state index in [9.17, 15) is 0 Å². The average Bonchev–Trinajstić information content (AvgIpc) is 2.61. The van der Waals surface area contributed by atoms with Crippen LogP contribution in [0.5, 0.6) is 0 Å². The summed E-state index contributed by atoms with van der Waals surface area (Å²) in [4.78, 5) is 4.06. The van der Waals surface area contributed by atoms with Gasteiger partial charge >= 0.3 is 0 Å². The first-order chi connectivity index (χ1) is 6.81. The van der Waals surface area contributed by atoms with Crippen LogP contribution in [0.1, 0.15) is 25.5 Å². The summed E-state index contributed by atoms with van der Waals surface area (Å²) in [7, 11) is 0. The van der Waals surface area contributed by atoms with Crippen LogP contribution in [-0.4, -0.2) is 21.4 Å². The fraction of sp³-hybridized carbons (Fsp3) is 0.714. The van der Waals surface area contributed by atoms with Gasteiger partial charge in [0, 0.05) is 6.61 Å². The number of nitrogens with two attached hydrogens (primary N) is 1. The zero-order valence-electron chi connectivity index (χ0n) is 7.61. The molecule has 0 bridgehead atoms. The van der Waals surface area contributed by atoms with Crippen molar-refractivity contribution in [3.63, 3.8) is 0 Å². The van der Waals surface area contributed by atoms with E-state index < -0.39 is 0 Å². The molecule has 0 saturated carbocycles. The number of rotatable bonds is 2. The molecule has 7 heteroatoms. The molecule has 1 unspecified atom stereocenters. The maximum Gasteiger partial charge on any atom is 0.239 e. The largest absolute Gasteiger partial charge is 0.356 e. The molecule has 78 valence electrons. The van der Waals surface area contributed by atoms with Crippen molar-refractivity contribution in [2.24, 2.45) is 5.84 Å². The molecule has 2 rings (SSSR count). The average molecular weight is 262 g/mol. The Labute approximate surface area is 89.9 Å². The fourth-order valence-electron chi connectivity index (χ4n) is 1.51. The zero-order chi connectivity index (χ0) is 9.97. The molecule has 1 aliphatic rings. The molecular weight excluding hydrogens is 250 g/mol. The van der Waals surface area contributed by atoms with Gasteiger partial charge in [0.15, 0.2) is 6.23 Å². The molecule has 1 saturated heterocycles. The second kappa shape index (κ2) is 4.24. The third-order valence-electron chi connectivity index (χ3n) is 2.16. The normalized spacial score (nSPS) is 22.3. The van der Waals surface area contributed by atoms with Gasteiger partial charge in [0.2, 0.25) is 10.7 Å². The van der Waals surface area contributed by atoms with Crippen molar-refractivity contribution in [2.75, 3.05) is 12.0 Å². The number of hydrogen-bond acceptors (Lipinski definition) is 5. The highest BCUT2D eigenvalue weighted by Crippen LogP contribution is 2.25. The van der Waals surface area contributed by atoms with Gasteiger partial charge in [0.25, 0.3) is 0 Å². The lowest BCUT2D eigenvalue weighted by molar-refractivity contribution is -0.0384. The molecule has 1 atom stereocenters. The first-order valence-corrected chi connectivity index (χ1v) is 5.31. The van der Waals surface area contributed by atoms with E-state index in [4.69, 9.17) is 10.6 Å². The number of anilines is 1. The van der Waals surface area contributed by atoms with Crippen LogP contribution in [0.25, 0.3) is 0 Å². The van der Waals surface area contributed by atoms with E-state index in [-0.39, 0.29) is 6.23 Å². The van der Waals surface area contributed by atoms with E-state index in [0.717, 1.165) is 25.9 Å². The van der Waals surface area contributed by atoms with Crippen molar-refractivity contribution < 1.29 is 4.74 Å². The van der Waals surface area contributed by atoms with E-state index in [1.807, 2.05) is 0 Å². The smallest absolute Gasteiger partial charge is 0.239 e. The molecule has 14 heavy (non-hydrogen) atoms. The minimum atomic E-state index is -0.0476. The Bertz CT molecular complexity index is 309. The molecule has 3 N–H and O–H groups in total. The van der Waals surface area contributed by atoms with Crippen LogP contribution >= 0.6 is 15.9 Å². The number of nitrogen functional groups attached to an aromatic ring is 1. The summed E-state index contributed by atoms with van der Waals surface area (Å²) in [6.45, 7) is 0.770. The molecule has 1 aromatic heterocycles. The maximum absolute atomic E-state index is 5.56. The lowest BCUT2D eigenvalue weighted by atomic mass is 10.2. The summed E-state index contributed by atoms with van der Waals surface area (Å²) in [5.74, 6) is 5.84. The lowest BCUT2D eigenvalue weighted by Crippen LogP contribution is -2.22. The molecule has 2 heterocycles. The summed E-state index contributed by atoms with van der Waals surface area (Å²) in [5.41, 5.74) is 2.49. The highest BCUT2D eigenvalue weighted by atomic mass is 79.9. The van der Waals surface area contributed by atoms with E-state index in [0.29, 0.717) is 10.7 Å². The van der Waals surface area contributed by atoms with Crippen LogP contribution in [-0.2, 0) is 4.74 Å². The van der Waals surface area contributed by atoms with Gasteiger partial charge in [-0.3, -0.25) is 5.43 Å². The molecule has 0 aromatic carbocycles. The number of nitrogens with zero attached hydrogens (tertiary/aromatic N) is 3. The van der Waals surface area contributed by atoms with Gasteiger partial charge in [-0.1, -0.05) is 0 Å². The summed E-state index contributed by atoms with van der Waals surface area (Å²) < 4.78 is 7.75. The Hall–Kier alpha value is -0.660. The van der Waals surface area contributed by atoms with Gasteiger partial charge in [-0.2, -0.15) is 4.98 Å². The third-order valence-corrected chi connectivity index (χ3v) is 2.50. The Morgan fingerprint density at radius 3 is 3.07 bits per heavy atom. The molecule has 1 fully saturated rings. The van der Waals surface area contributed by atoms with Gasteiger partial charge in [-0.05, 0) is 35.2 Å². The first kappa shape index (κ1) is 9.88. The Morgan fingerprint density at radius 2 is 2.43 bits per heavy atom. The molecule has 0 radical (unpaired) electrons. The first-order valence-electron chi connectivity index (χ1n) is 4.51. The quantitative estimate of drug-likeness (QED) is 0.614. The highest BCUT2D eigenvalue weighted by Gasteiger charge is 2.20. The van der Waals surface area contributed by atoms with Gasteiger partial charge in [-0.15, -0.1) is 5.10 Å². The van der Waals surface area contributed by atoms with Crippen molar-refractivity contribution in [2.45, 2.75) is 25.5 Å². The van der Waals surface area contributed by atoms with E-state index in [1.165, 1.54) is 0 Å². The minimum absolute atomic E-state index is 0.0476. The topological polar surface area (TPSA) is 78.0 Å². The third kappa shape index (κ3) is 1.89. The van der Waals surface area contributed by atoms with Crippen LogP contribution in [0.2, 0.25) is 0 Å². The molecule has 1 aromatic rings. The van der Waals surface area contributed by atoms with E-state index in [1.54, 1.807) is 4.68 Å². The Kier molecular flexibility index (Phi) is 2.99. The zero-order valence-corrected chi connectivity index (χ0v) is 9.20. The predicted molar refractivity (Wildman–Crippen MR) is 54.4 cm³/mol. The molecule has 0 spiro atoms. The van der Waals surface area contributed by atoms with Crippen LogP contribution in [0.4, 0.5) is 5.95 Å². The van der Waals surface area contributed by atoms with Gasteiger partial charge in [-0.25, -0.2) is 10.5 Å². The van der Waals surface area contributed by atoms with Crippen LogP contribution < -0.4 is 11.3 Å². The Balaban J connectivity index is 2.20. The Morgan fingerprint density at radius 1 is 1.57 bits per heavy atom. The van der Waals surface area contributed by atoms with Crippen molar-refractivity contribution in [1.29, 1.82) is 0 Å². The lowest BCUT2D eigenvalue weighted by Gasteiger charge is -2.23. The minimum Gasteiger partial charge on any atom is -0.356 e. The van der Waals surface area contributed by atoms with Crippen LogP contribution in [0.3, 0.4) is 0 Å². The van der Waals surface area contributed by atoms with Gasteiger partial charge < -0.3 is 4.74 Å². The summed E-state index contributed by atoms with van der Waals surface area (Å²) in [6, 6.07) is 0. The van der Waals surface area contributed by atoms with Gasteiger partial charge in [0.05, 0.1) is 0 Å².